The van der Waals surface area contributed by atoms with Crippen LogP contribution in [0.2, 0.25) is 0 Å². The highest BCUT2D eigenvalue weighted by molar-refractivity contribution is 5.56. The van der Waals surface area contributed by atoms with E-state index in [4.69, 9.17) is 0 Å². The highest BCUT2D eigenvalue weighted by atomic mass is 16.3. The maximum absolute atomic E-state index is 9.52. The van der Waals surface area contributed by atoms with E-state index in [-0.39, 0.29) is 12.1 Å². The fourth-order valence-corrected chi connectivity index (χ4v) is 2.55. The number of aliphatic hydroxyl groups excluding tert-OH is 1. The SMILES string of the molecule is CNC1(CO)CCN(c2cc(C)ccc2C)C1. The molecular formula is C14H22N2O. The first-order chi connectivity index (χ1) is 8.10. The molecule has 1 aliphatic rings. The van der Waals surface area contributed by atoms with E-state index in [9.17, 15) is 5.11 Å². The predicted molar refractivity (Wildman–Crippen MR) is 71.6 cm³/mol. The first-order valence-electron chi connectivity index (χ1n) is 6.22. The molecular weight excluding hydrogens is 212 g/mol. The number of nitrogens with zero attached hydrogens (tertiary/aromatic N) is 1. The maximum Gasteiger partial charge on any atom is 0.0631 e. The molecule has 3 nitrogen and oxygen atoms in total. The Morgan fingerprint density at radius 3 is 2.76 bits per heavy atom. The Balaban J connectivity index is 2.23. The second-order valence-electron chi connectivity index (χ2n) is 5.15. The number of anilines is 1. The van der Waals surface area contributed by atoms with Gasteiger partial charge in [0.2, 0.25) is 0 Å². The van der Waals surface area contributed by atoms with E-state index in [1.165, 1.54) is 16.8 Å². The zero-order chi connectivity index (χ0) is 12.5. The lowest BCUT2D eigenvalue weighted by Gasteiger charge is -2.28. The van der Waals surface area contributed by atoms with Crippen LogP contribution in [-0.4, -0.2) is 37.4 Å². The van der Waals surface area contributed by atoms with Crippen molar-refractivity contribution in [3.63, 3.8) is 0 Å². The summed E-state index contributed by atoms with van der Waals surface area (Å²) in [5, 5.41) is 12.8. The molecule has 0 bridgehead atoms. The van der Waals surface area contributed by atoms with Gasteiger partial charge in [0.25, 0.3) is 0 Å². The van der Waals surface area contributed by atoms with Gasteiger partial charge in [-0.05, 0) is 44.5 Å². The van der Waals surface area contributed by atoms with E-state index < -0.39 is 0 Å². The molecule has 1 atom stereocenters. The fraction of sp³-hybridized carbons (Fsp3) is 0.571. The van der Waals surface area contributed by atoms with E-state index in [0.29, 0.717) is 0 Å². The van der Waals surface area contributed by atoms with Crippen LogP contribution in [0.15, 0.2) is 18.2 Å². The van der Waals surface area contributed by atoms with Gasteiger partial charge in [0, 0.05) is 18.8 Å². The Bertz CT molecular complexity index is 399. The number of hydrogen-bond acceptors (Lipinski definition) is 3. The summed E-state index contributed by atoms with van der Waals surface area (Å²) < 4.78 is 0. The van der Waals surface area contributed by atoms with Crippen LogP contribution in [0.5, 0.6) is 0 Å². The van der Waals surface area contributed by atoms with Gasteiger partial charge in [-0.3, -0.25) is 0 Å². The molecule has 1 aromatic rings. The highest BCUT2D eigenvalue weighted by Gasteiger charge is 2.36. The van der Waals surface area contributed by atoms with Gasteiger partial charge in [-0.25, -0.2) is 0 Å². The second-order valence-corrected chi connectivity index (χ2v) is 5.15. The van der Waals surface area contributed by atoms with E-state index in [2.05, 4.69) is 42.3 Å². The molecule has 1 unspecified atom stereocenters. The van der Waals surface area contributed by atoms with Gasteiger partial charge in [-0.2, -0.15) is 0 Å². The molecule has 0 amide bonds. The number of nitrogens with one attached hydrogen (secondary N) is 1. The molecule has 2 rings (SSSR count). The summed E-state index contributed by atoms with van der Waals surface area (Å²) in [6, 6.07) is 6.55. The topological polar surface area (TPSA) is 35.5 Å². The van der Waals surface area contributed by atoms with Gasteiger partial charge in [0.05, 0.1) is 12.1 Å². The summed E-state index contributed by atoms with van der Waals surface area (Å²) in [6.45, 7) is 6.35. The minimum atomic E-state index is -0.129. The molecule has 0 aliphatic carbocycles. The molecule has 1 aromatic carbocycles. The molecule has 0 spiro atoms. The normalized spacial score (nSPS) is 24.4. The first kappa shape index (κ1) is 12.4. The van der Waals surface area contributed by atoms with E-state index in [1.807, 2.05) is 7.05 Å². The predicted octanol–water partition coefficient (Wildman–Crippen LogP) is 1.46. The minimum absolute atomic E-state index is 0.129. The first-order valence-corrected chi connectivity index (χ1v) is 6.22. The van der Waals surface area contributed by atoms with Crippen molar-refractivity contribution in [2.75, 3.05) is 31.6 Å². The molecule has 3 heteroatoms. The third kappa shape index (κ3) is 2.31. The lowest BCUT2D eigenvalue weighted by atomic mass is 10.0. The summed E-state index contributed by atoms with van der Waals surface area (Å²) in [5.74, 6) is 0. The average molecular weight is 234 g/mol. The molecule has 1 heterocycles. The molecule has 1 saturated heterocycles. The van der Waals surface area contributed by atoms with Crippen molar-refractivity contribution in [2.45, 2.75) is 25.8 Å². The standard InChI is InChI=1S/C14H22N2O/c1-11-4-5-12(2)13(8-11)16-7-6-14(9-16,10-17)15-3/h4-5,8,15,17H,6-7,9-10H2,1-3H3. The Hall–Kier alpha value is -1.06. The van der Waals surface area contributed by atoms with Crippen LogP contribution in [0, 0.1) is 13.8 Å². The van der Waals surface area contributed by atoms with E-state index in [1.54, 1.807) is 0 Å². The number of benzene rings is 1. The van der Waals surface area contributed by atoms with Gasteiger partial charge >= 0.3 is 0 Å². The molecule has 1 fully saturated rings. The number of hydrogen-bond donors (Lipinski definition) is 2. The second kappa shape index (κ2) is 4.67. The number of rotatable bonds is 3. The van der Waals surface area contributed by atoms with Crippen molar-refractivity contribution in [1.29, 1.82) is 0 Å². The van der Waals surface area contributed by atoms with Gasteiger partial charge in [0.1, 0.15) is 0 Å². The van der Waals surface area contributed by atoms with Gasteiger partial charge in [-0.15, -0.1) is 0 Å². The zero-order valence-corrected chi connectivity index (χ0v) is 11.0. The largest absolute Gasteiger partial charge is 0.394 e. The maximum atomic E-state index is 9.52. The monoisotopic (exact) mass is 234 g/mol. The number of aliphatic hydroxyl groups is 1. The Morgan fingerprint density at radius 2 is 2.18 bits per heavy atom. The van der Waals surface area contributed by atoms with Crippen molar-refractivity contribution in [1.82, 2.24) is 5.32 Å². The third-order valence-electron chi connectivity index (χ3n) is 3.89. The number of likely N-dealkylation sites (N-methyl/N-ethyl adjacent to an activating group) is 1. The van der Waals surface area contributed by atoms with Crippen LogP contribution in [0.25, 0.3) is 0 Å². The molecule has 1 aliphatic heterocycles. The average Bonchev–Trinajstić information content (AvgIpc) is 2.77. The Morgan fingerprint density at radius 1 is 1.41 bits per heavy atom. The summed E-state index contributed by atoms with van der Waals surface area (Å²) in [4.78, 5) is 2.37. The van der Waals surface area contributed by atoms with Crippen molar-refractivity contribution >= 4 is 5.69 Å². The smallest absolute Gasteiger partial charge is 0.0631 e. The summed E-state index contributed by atoms with van der Waals surface area (Å²) in [6.07, 6.45) is 0.993. The molecule has 2 N–H and O–H groups in total. The molecule has 17 heavy (non-hydrogen) atoms. The summed E-state index contributed by atoms with van der Waals surface area (Å²) >= 11 is 0. The van der Waals surface area contributed by atoms with Crippen molar-refractivity contribution < 1.29 is 5.11 Å². The van der Waals surface area contributed by atoms with Gasteiger partial charge in [-0.1, -0.05) is 12.1 Å². The highest BCUT2D eigenvalue weighted by Crippen LogP contribution is 2.29. The fourth-order valence-electron chi connectivity index (χ4n) is 2.55. The zero-order valence-electron chi connectivity index (χ0n) is 11.0. The quantitative estimate of drug-likeness (QED) is 0.831. The van der Waals surface area contributed by atoms with Crippen LogP contribution < -0.4 is 10.2 Å². The van der Waals surface area contributed by atoms with Crippen molar-refractivity contribution in [3.8, 4) is 0 Å². The van der Waals surface area contributed by atoms with Crippen LogP contribution in [-0.2, 0) is 0 Å². The molecule has 0 saturated carbocycles. The molecule has 0 aromatic heterocycles. The van der Waals surface area contributed by atoms with Crippen molar-refractivity contribution in [3.05, 3.63) is 29.3 Å². The van der Waals surface area contributed by atoms with Crippen molar-refractivity contribution in [2.24, 2.45) is 0 Å². The van der Waals surface area contributed by atoms with Crippen LogP contribution in [0.1, 0.15) is 17.5 Å². The van der Waals surface area contributed by atoms with Crippen LogP contribution >= 0.6 is 0 Å². The lowest BCUT2D eigenvalue weighted by Crippen LogP contribution is -2.48. The summed E-state index contributed by atoms with van der Waals surface area (Å²) in [5.41, 5.74) is 3.77. The summed E-state index contributed by atoms with van der Waals surface area (Å²) in [7, 11) is 1.93. The minimum Gasteiger partial charge on any atom is -0.394 e. The van der Waals surface area contributed by atoms with E-state index >= 15 is 0 Å². The Labute approximate surface area is 103 Å². The molecule has 94 valence electrons. The third-order valence-corrected chi connectivity index (χ3v) is 3.89. The number of aryl methyl sites for hydroxylation is 2. The van der Waals surface area contributed by atoms with Gasteiger partial charge < -0.3 is 15.3 Å². The Kier molecular flexibility index (Phi) is 3.40. The van der Waals surface area contributed by atoms with Gasteiger partial charge in [0.15, 0.2) is 0 Å². The van der Waals surface area contributed by atoms with Crippen LogP contribution in [0.4, 0.5) is 5.69 Å². The molecule has 0 radical (unpaired) electrons. The lowest BCUT2D eigenvalue weighted by molar-refractivity contribution is 0.184. The van der Waals surface area contributed by atoms with E-state index in [0.717, 1.165) is 19.5 Å². The van der Waals surface area contributed by atoms with Crippen LogP contribution in [0.3, 0.4) is 0 Å².